The third-order valence-electron chi connectivity index (χ3n) is 0.539. The first-order valence-corrected chi connectivity index (χ1v) is 3.73. The second-order valence-electron chi connectivity index (χ2n) is 1.08. The van der Waals surface area contributed by atoms with E-state index in [1.807, 2.05) is 0 Å². The van der Waals surface area contributed by atoms with Crippen LogP contribution in [-0.2, 0) is 0 Å². The quantitative estimate of drug-likeness (QED) is 0.432. The highest BCUT2D eigenvalue weighted by atomic mass is 35.5. The summed E-state index contributed by atoms with van der Waals surface area (Å²) >= 11 is 7.83. The molecule has 66 valence electrons. The third-order valence-corrected chi connectivity index (χ3v) is 0.762. The van der Waals surface area contributed by atoms with E-state index >= 15 is 0 Å². The Hall–Kier alpha value is 0.980. The monoisotopic (exact) mass is 223 g/mol. The minimum Gasteiger partial charge on any atom is -0.316 e. The zero-order valence-corrected chi connectivity index (χ0v) is 9.34. The van der Waals surface area contributed by atoms with E-state index < -0.39 is 0 Å². The number of thiocarbonyl (C=S) groups is 1. The van der Waals surface area contributed by atoms with Crippen LogP contribution < -0.4 is 5.32 Å². The highest BCUT2D eigenvalue weighted by Crippen LogP contribution is 1.65. The van der Waals surface area contributed by atoms with Gasteiger partial charge >= 0.3 is 0 Å². The molecule has 0 aromatic heterocycles. The van der Waals surface area contributed by atoms with Crippen LogP contribution in [0.3, 0.4) is 0 Å². The van der Waals surface area contributed by atoms with Crippen LogP contribution in [0.25, 0.3) is 0 Å². The van der Waals surface area contributed by atoms with Crippen LogP contribution in [0.5, 0.6) is 0 Å². The zero-order valence-electron chi connectivity index (χ0n) is 6.00. The Morgan fingerprint density at radius 1 is 1.40 bits per heavy atom. The smallest absolute Gasteiger partial charge is 0.00396 e. The lowest BCUT2D eigenvalue weighted by Crippen LogP contribution is -2.14. The van der Waals surface area contributed by atoms with Crippen molar-refractivity contribution in [1.82, 2.24) is 5.32 Å². The molecule has 0 saturated heterocycles. The van der Waals surface area contributed by atoms with Gasteiger partial charge in [-0.3, -0.25) is 0 Å². The number of nitrogens with one attached hydrogen (secondary N) is 1. The van der Waals surface area contributed by atoms with Gasteiger partial charge < -0.3 is 5.32 Å². The second kappa shape index (κ2) is 32.5. The van der Waals surface area contributed by atoms with Crippen LogP contribution >= 0.6 is 49.7 Å². The maximum absolute atomic E-state index is 3.99. The number of hydrogen-bond acceptors (Lipinski definition) is 3. The molecule has 0 heterocycles. The minimum atomic E-state index is 0. The van der Waals surface area contributed by atoms with E-state index in [4.69, 9.17) is 0 Å². The molecule has 0 amide bonds. The van der Waals surface area contributed by atoms with Gasteiger partial charge in [0.05, 0.1) is 0 Å². The molecule has 1 N–H and O–H groups in total. The normalized spacial score (nSPS) is 5.80. The van der Waals surface area contributed by atoms with Crippen LogP contribution in [-0.4, -0.2) is 24.7 Å². The molecule has 0 spiro atoms. The second-order valence-corrected chi connectivity index (χ2v) is 1.52. The van der Waals surface area contributed by atoms with E-state index in [1.54, 1.807) is 0 Å². The van der Waals surface area contributed by atoms with Crippen molar-refractivity contribution in [1.29, 1.82) is 0 Å². The van der Waals surface area contributed by atoms with Gasteiger partial charge in [-0.2, -0.15) is 12.6 Å². The summed E-state index contributed by atoms with van der Waals surface area (Å²) < 4.78 is 0. The van der Waals surface area contributed by atoms with Gasteiger partial charge in [-0.1, -0.05) is 19.1 Å². The first-order valence-electron chi connectivity index (χ1n) is 2.52. The van der Waals surface area contributed by atoms with Crippen molar-refractivity contribution >= 4 is 55.5 Å². The third kappa shape index (κ3) is 36.1. The first kappa shape index (κ1) is 22.4. The molecule has 1 nitrogen and oxygen atoms in total. The molecule has 5 heteroatoms. The number of thiol groups is 1. The van der Waals surface area contributed by atoms with E-state index in [9.17, 15) is 0 Å². The van der Waals surface area contributed by atoms with Crippen molar-refractivity contribution in [2.75, 3.05) is 18.8 Å². The van der Waals surface area contributed by atoms with Gasteiger partial charge in [0.1, 0.15) is 0 Å². The molecule has 0 bridgehead atoms. The summed E-state index contributed by atoms with van der Waals surface area (Å²) in [5.74, 6) is 3.77. The molecular weight excluding hydrogens is 209 g/mol. The lowest BCUT2D eigenvalue weighted by molar-refractivity contribution is 0.769. The average molecular weight is 224 g/mol. The number of halogens is 2. The van der Waals surface area contributed by atoms with Gasteiger partial charge in [0.15, 0.2) is 0 Å². The molecule has 0 fully saturated rings. The Balaban J connectivity index is -0.0000000412. The Morgan fingerprint density at radius 2 is 1.80 bits per heavy atom. The van der Waals surface area contributed by atoms with Crippen molar-refractivity contribution < 1.29 is 0 Å². The molecule has 0 aliphatic heterocycles. The van der Waals surface area contributed by atoms with Crippen LogP contribution in [0.1, 0.15) is 6.92 Å². The van der Waals surface area contributed by atoms with E-state index in [-0.39, 0.29) is 24.8 Å². The summed E-state index contributed by atoms with van der Waals surface area (Å²) in [6, 6.07) is 0. The molecule has 0 unspecified atom stereocenters. The molecule has 0 rings (SSSR count). The summed E-state index contributed by atoms with van der Waals surface area (Å²) in [7, 11) is 0. The van der Waals surface area contributed by atoms with Crippen LogP contribution in [0, 0.1) is 0 Å². The van der Waals surface area contributed by atoms with Gasteiger partial charge in [-0.15, -0.1) is 24.8 Å². The fraction of sp³-hybridized carbons (Fsp3) is 0.800. The van der Waals surface area contributed by atoms with Crippen LogP contribution in [0.4, 0.5) is 0 Å². The van der Waals surface area contributed by atoms with Gasteiger partial charge in [-0.25, -0.2) is 0 Å². The van der Waals surface area contributed by atoms with Crippen molar-refractivity contribution in [3.05, 3.63) is 0 Å². The Kier molecular flexibility index (Phi) is 72.8. The molecule has 0 aromatic rings. The Labute approximate surface area is 86.6 Å². The van der Waals surface area contributed by atoms with Crippen LogP contribution in [0.2, 0.25) is 0 Å². The molecule has 0 aromatic carbocycles. The Morgan fingerprint density at radius 3 is 1.90 bits per heavy atom. The summed E-state index contributed by atoms with van der Waals surface area (Å²) in [5.41, 5.74) is 0. The first-order chi connectivity index (χ1) is 3.91. The van der Waals surface area contributed by atoms with Gasteiger partial charge in [0.2, 0.25) is 0 Å². The summed E-state index contributed by atoms with van der Waals surface area (Å²) in [6.45, 7) is 4.17. The van der Waals surface area contributed by atoms with E-state index in [2.05, 4.69) is 43.0 Å². The topological polar surface area (TPSA) is 12.0 Å². The summed E-state index contributed by atoms with van der Waals surface area (Å²) in [4.78, 5) is 0. The molecule has 0 atom stereocenters. The predicted octanol–water partition coefficient (Wildman–Crippen LogP) is 1.99. The van der Waals surface area contributed by atoms with Crippen LogP contribution in [0.15, 0.2) is 0 Å². The largest absolute Gasteiger partial charge is 0.316 e. The summed E-state index contributed by atoms with van der Waals surface area (Å²) in [6.07, 6.45) is 0. The highest BCUT2D eigenvalue weighted by Gasteiger charge is 1.71. The highest BCUT2D eigenvalue weighted by molar-refractivity contribution is 7.80. The molecule has 0 aliphatic carbocycles. The van der Waals surface area contributed by atoms with Gasteiger partial charge in [0.25, 0.3) is 0 Å². The fourth-order valence-corrected chi connectivity index (χ4v) is 0.414. The number of rotatable bonds is 3. The number of hydrogen-bond donors (Lipinski definition) is 2. The predicted molar refractivity (Wildman–Crippen MR) is 61.6 cm³/mol. The molecule has 0 saturated carbocycles. The summed E-state index contributed by atoms with van der Waals surface area (Å²) in [5, 5.41) is 3.12. The van der Waals surface area contributed by atoms with Gasteiger partial charge in [-0.05, 0) is 12.4 Å². The standard InChI is InChI=1S/C4H11NS.CH2S.2ClH/c1-2-5-3-4-6;1-2;;/h5-6H,2-4H2,1H3;1H2;2*1H. The fourth-order valence-electron chi connectivity index (χ4n) is 0.256. The van der Waals surface area contributed by atoms with E-state index in [1.165, 1.54) is 0 Å². The maximum atomic E-state index is 3.99. The van der Waals surface area contributed by atoms with Crippen molar-refractivity contribution in [2.24, 2.45) is 0 Å². The van der Waals surface area contributed by atoms with Crippen molar-refractivity contribution in [3.8, 4) is 0 Å². The maximum Gasteiger partial charge on any atom is 0.00396 e. The molecule has 0 radical (unpaired) electrons. The van der Waals surface area contributed by atoms with E-state index in [0.717, 1.165) is 18.8 Å². The molecular formula is C5H15Cl2NS2. The lowest BCUT2D eigenvalue weighted by Gasteiger charge is -1.91. The van der Waals surface area contributed by atoms with Crippen molar-refractivity contribution in [3.63, 3.8) is 0 Å². The average Bonchev–Trinajstić information content (AvgIpc) is 1.88. The lowest BCUT2D eigenvalue weighted by atomic mass is 10.7. The molecule has 0 aliphatic rings. The molecule has 10 heavy (non-hydrogen) atoms. The SMILES string of the molecule is C=S.CCNCCS.Cl.Cl. The van der Waals surface area contributed by atoms with Gasteiger partial charge in [0, 0.05) is 12.3 Å². The van der Waals surface area contributed by atoms with E-state index in [0.29, 0.717) is 0 Å². The Bertz CT molecular complexity index is 36.8. The minimum absolute atomic E-state index is 0. The zero-order chi connectivity index (χ0) is 6.83. The van der Waals surface area contributed by atoms with Crippen molar-refractivity contribution in [2.45, 2.75) is 6.92 Å².